The van der Waals surface area contributed by atoms with Gasteiger partial charge in [0.05, 0.1) is 23.6 Å². The number of fused-ring (bicyclic) bond motifs is 1. The Balaban J connectivity index is 1.69. The minimum atomic E-state index is -0.352. The predicted molar refractivity (Wildman–Crippen MR) is 125 cm³/mol. The molecule has 0 aliphatic carbocycles. The molecule has 1 aliphatic heterocycles. The van der Waals surface area contributed by atoms with E-state index in [9.17, 15) is 9.18 Å². The summed E-state index contributed by atoms with van der Waals surface area (Å²) >= 11 is 6.25. The normalized spacial score (nSPS) is 13.8. The minimum absolute atomic E-state index is 0.125. The van der Waals surface area contributed by atoms with E-state index < -0.39 is 0 Å². The number of amides is 1. The van der Waals surface area contributed by atoms with E-state index >= 15 is 0 Å². The Morgan fingerprint density at radius 3 is 2.66 bits per heavy atom. The molecular formula is C25H28ClFN4O. The van der Waals surface area contributed by atoms with Gasteiger partial charge in [0, 0.05) is 42.2 Å². The van der Waals surface area contributed by atoms with Crippen molar-refractivity contribution in [2.45, 2.75) is 39.8 Å². The first-order chi connectivity index (χ1) is 15.5. The molecule has 1 aromatic heterocycles. The summed E-state index contributed by atoms with van der Waals surface area (Å²) < 4.78 is 15.3. The molecule has 2 aromatic carbocycles. The lowest BCUT2D eigenvalue weighted by molar-refractivity contribution is 0.0749. The number of rotatable bonds is 7. The lowest BCUT2D eigenvalue weighted by atomic mass is 10.0. The van der Waals surface area contributed by atoms with Gasteiger partial charge in [0.15, 0.2) is 0 Å². The summed E-state index contributed by atoms with van der Waals surface area (Å²) in [6.07, 6.45) is 1.99. The third-order valence-corrected chi connectivity index (χ3v) is 6.15. The molecule has 0 bridgehead atoms. The second-order valence-electron chi connectivity index (χ2n) is 8.12. The van der Waals surface area contributed by atoms with E-state index in [1.54, 1.807) is 4.90 Å². The van der Waals surface area contributed by atoms with Crippen LogP contribution in [0.1, 0.15) is 47.6 Å². The number of hydrogen-bond donors (Lipinski definition) is 0. The second kappa shape index (κ2) is 9.84. The standard InChI is InChI=1S/C25H28ClFN4O/c1-3-13-29-14-12-24-22(16-29)23(28-31(24)21-7-5-6-19(26)15-21)17-30(4-2)25(32)18-8-10-20(27)11-9-18/h5-11,15H,3-4,12-14,16-17H2,1-2H3. The first-order valence-electron chi connectivity index (χ1n) is 11.1. The molecule has 1 aliphatic rings. The van der Waals surface area contributed by atoms with Crippen LogP contribution in [0.15, 0.2) is 48.5 Å². The smallest absolute Gasteiger partial charge is 0.254 e. The third kappa shape index (κ3) is 4.71. The Bertz CT molecular complexity index is 1100. The maximum Gasteiger partial charge on any atom is 0.254 e. The van der Waals surface area contributed by atoms with Crippen molar-refractivity contribution in [1.29, 1.82) is 0 Å². The largest absolute Gasteiger partial charge is 0.333 e. The van der Waals surface area contributed by atoms with Gasteiger partial charge in [-0.05, 0) is 62.4 Å². The van der Waals surface area contributed by atoms with Crippen LogP contribution in [0.2, 0.25) is 5.02 Å². The molecule has 3 aromatic rings. The van der Waals surface area contributed by atoms with Crippen molar-refractivity contribution in [2.24, 2.45) is 0 Å². The lowest BCUT2D eigenvalue weighted by Crippen LogP contribution is -2.33. The highest BCUT2D eigenvalue weighted by Gasteiger charge is 2.27. The highest BCUT2D eigenvalue weighted by atomic mass is 35.5. The molecule has 0 saturated carbocycles. The Kier molecular flexibility index (Phi) is 6.92. The highest BCUT2D eigenvalue weighted by Crippen LogP contribution is 2.27. The zero-order valence-corrected chi connectivity index (χ0v) is 19.3. The first kappa shape index (κ1) is 22.5. The van der Waals surface area contributed by atoms with Crippen LogP contribution in [-0.2, 0) is 19.5 Å². The van der Waals surface area contributed by atoms with Crippen molar-refractivity contribution in [2.75, 3.05) is 19.6 Å². The highest BCUT2D eigenvalue weighted by molar-refractivity contribution is 6.30. The number of hydrogen-bond acceptors (Lipinski definition) is 3. The molecule has 0 spiro atoms. The van der Waals surface area contributed by atoms with Crippen molar-refractivity contribution >= 4 is 17.5 Å². The van der Waals surface area contributed by atoms with Crippen molar-refractivity contribution in [3.63, 3.8) is 0 Å². The second-order valence-corrected chi connectivity index (χ2v) is 8.55. The predicted octanol–water partition coefficient (Wildman–Crippen LogP) is 5.10. The van der Waals surface area contributed by atoms with Crippen LogP contribution in [0.4, 0.5) is 4.39 Å². The molecule has 0 radical (unpaired) electrons. The fourth-order valence-corrected chi connectivity index (χ4v) is 4.46. The molecule has 168 valence electrons. The summed E-state index contributed by atoms with van der Waals surface area (Å²) in [6.45, 7) is 7.92. The summed E-state index contributed by atoms with van der Waals surface area (Å²) in [6, 6.07) is 13.4. The molecule has 7 heteroatoms. The Hall–Kier alpha value is -2.70. The average Bonchev–Trinajstić information content (AvgIpc) is 3.15. The van der Waals surface area contributed by atoms with Crippen molar-refractivity contribution in [3.05, 3.63) is 81.9 Å². The molecule has 4 rings (SSSR count). The van der Waals surface area contributed by atoms with Crippen molar-refractivity contribution in [1.82, 2.24) is 19.6 Å². The van der Waals surface area contributed by atoms with Gasteiger partial charge in [-0.25, -0.2) is 9.07 Å². The maximum absolute atomic E-state index is 13.3. The van der Waals surface area contributed by atoms with Crippen LogP contribution in [-0.4, -0.2) is 45.1 Å². The van der Waals surface area contributed by atoms with Gasteiger partial charge in [-0.2, -0.15) is 5.10 Å². The maximum atomic E-state index is 13.3. The van der Waals surface area contributed by atoms with Gasteiger partial charge in [-0.1, -0.05) is 24.6 Å². The SMILES string of the molecule is CCCN1CCc2c(c(CN(CC)C(=O)c3ccc(F)cc3)nn2-c2cccc(Cl)c2)C1. The van der Waals surface area contributed by atoms with E-state index in [0.29, 0.717) is 23.7 Å². The van der Waals surface area contributed by atoms with Crippen LogP contribution in [0.3, 0.4) is 0 Å². The quantitative estimate of drug-likeness (QED) is 0.499. The minimum Gasteiger partial charge on any atom is -0.333 e. The van der Waals surface area contributed by atoms with E-state index in [-0.39, 0.29) is 11.7 Å². The van der Waals surface area contributed by atoms with Gasteiger partial charge in [-0.3, -0.25) is 9.69 Å². The fraction of sp³-hybridized carbons (Fsp3) is 0.360. The number of benzene rings is 2. The average molecular weight is 455 g/mol. The zero-order chi connectivity index (χ0) is 22.7. The van der Waals surface area contributed by atoms with Crippen molar-refractivity contribution < 1.29 is 9.18 Å². The summed E-state index contributed by atoms with van der Waals surface area (Å²) in [5.74, 6) is -0.477. The monoisotopic (exact) mass is 454 g/mol. The van der Waals surface area contributed by atoms with Crippen molar-refractivity contribution in [3.8, 4) is 5.69 Å². The van der Waals surface area contributed by atoms with Gasteiger partial charge in [0.2, 0.25) is 0 Å². The van der Waals surface area contributed by atoms with Gasteiger partial charge in [0.25, 0.3) is 5.91 Å². The number of halogens is 2. The Labute approximate surface area is 193 Å². The van der Waals surface area contributed by atoms with Crippen LogP contribution in [0, 0.1) is 5.82 Å². The molecule has 0 fully saturated rings. The fourth-order valence-electron chi connectivity index (χ4n) is 4.28. The summed E-state index contributed by atoms with van der Waals surface area (Å²) in [4.78, 5) is 17.3. The number of aromatic nitrogens is 2. The summed E-state index contributed by atoms with van der Waals surface area (Å²) in [7, 11) is 0. The van der Waals surface area contributed by atoms with Crippen LogP contribution in [0.25, 0.3) is 5.69 Å². The molecule has 1 amide bonds. The van der Waals surface area contributed by atoms with E-state index in [1.807, 2.05) is 35.9 Å². The zero-order valence-electron chi connectivity index (χ0n) is 18.5. The molecule has 2 heterocycles. The number of carbonyl (C=O) groups is 1. The van der Waals surface area contributed by atoms with E-state index in [2.05, 4.69) is 11.8 Å². The summed E-state index contributed by atoms with van der Waals surface area (Å²) in [5.41, 5.74) is 4.67. The van der Waals surface area contributed by atoms with Gasteiger partial charge >= 0.3 is 0 Å². The van der Waals surface area contributed by atoms with E-state index in [1.165, 1.54) is 35.5 Å². The Morgan fingerprint density at radius 2 is 1.97 bits per heavy atom. The lowest BCUT2D eigenvalue weighted by Gasteiger charge is -2.28. The topological polar surface area (TPSA) is 41.4 Å². The van der Waals surface area contributed by atoms with E-state index in [0.717, 1.165) is 43.9 Å². The van der Waals surface area contributed by atoms with Gasteiger partial charge in [-0.15, -0.1) is 0 Å². The van der Waals surface area contributed by atoms with Gasteiger partial charge < -0.3 is 4.90 Å². The number of nitrogens with zero attached hydrogens (tertiary/aromatic N) is 4. The molecule has 5 nitrogen and oxygen atoms in total. The molecule has 32 heavy (non-hydrogen) atoms. The molecule has 0 saturated heterocycles. The van der Waals surface area contributed by atoms with Crippen LogP contribution >= 0.6 is 11.6 Å². The third-order valence-electron chi connectivity index (χ3n) is 5.91. The summed E-state index contributed by atoms with van der Waals surface area (Å²) in [5, 5.41) is 5.62. The van der Waals surface area contributed by atoms with E-state index in [4.69, 9.17) is 16.7 Å². The van der Waals surface area contributed by atoms with Crippen LogP contribution < -0.4 is 0 Å². The molecule has 0 unspecified atom stereocenters. The molecule has 0 atom stereocenters. The molecular weight excluding hydrogens is 427 g/mol. The van der Waals surface area contributed by atoms with Gasteiger partial charge in [0.1, 0.15) is 5.82 Å². The number of carbonyl (C=O) groups excluding carboxylic acids is 1. The Morgan fingerprint density at radius 1 is 1.19 bits per heavy atom. The molecule has 0 N–H and O–H groups in total. The van der Waals surface area contributed by atoms with Crippen LogP contribution in [0.5, 0.6) is 0 Å². The first-order valence-corrected chi connectivity index (χ1v) is 11.5.